The Hall–Kier alpha value is -4.51. The van der Waals surface area contributed by atoms with Crippen LogP contribution in [0.1, 0.15) is 137 Å². The van der Waals surface area contributed by atoms with E-state index in [-0.39, 0.29) is 54.2 Å². The van der Waals surface area contributed by atoms with Gasteiger partial charge in [0.1, 0.15) is 5.82 Å². The summed E-state index contributed by atoms with van der Waals surface area (Å²) >= 11 is 0. The molecule has 6 rings (SSSR count). The van der Waals surface area contributed by atoms with Gasteiger partial charge in [0.2, 0.25) is 0 Å². The fraction of sp³-hybridized carbons (Fsp3) is 0.389. The molecule has 1 radical (unpaired) electrons. The Kier molecular flexibility index (Phi) is 18.6. The number of carbonyl (C=O) groups is 1. The Bertz CT molecular complexity index is 2290. The van der Waals surface area contributed by atoms with Crippen molar-refractivity contribution in [2.45, 2.75) is 126 Å². The second-order valence-electron chi connectivity index (χ2n) is 17.5. The van der Waals surface area contributed by atoms with Gasteiger partial charge in [-0.25, -0.2) is 4.39 Å². The maximum absolute atomic E-state index is 13.8. The van der Waals surface area contributed by atoms with Crippen molar-refractivity contribution in [3.8, 4) is 22.5 Å². The number of pyridine rings is 2. The molecule has 0 unspecified atom stereocenters. The van der Waals surface area contributed by atoms with Crippen LogP contribution in [0, 0.1) is 29.3 Å². The number of ketones is 1. The van der Waals surface area contributed by atoms with E-state index in [4.69, 9.17) is 0 Å². The fourth-order valence-electron chi connectivity index (χ4n) is 6.84. The van der Waals surface area contributed by atoms with Crippen LogP contribution in [0.2, 0.25) is 0 Å². The van der Waals surface area contributed by atoms with E-state index in [0.717, 1.165) is 69.7 Å². The van der Waals surface area contributed by atoms with Gasteiger partial charge in [0.05, 0.1) is 5.76 Å². The van der Waals surface area contributed by atoms with Crippen molar-refractivity contribution in [1.82, 2.24) is 9.97 Å². The molecule has 2 aromatic heterocycles. The van der Waals surface area contributed by atoms with E-state index in [0.29, 0.717) is 11.8 Å². The number of aliphatic hydroxyl groups is 1. The predicted molar refractivity (Wildman–Crippen MR) is 247 cm³/mol. The Morgan fingerprint density at radius 2 is 1.47 bits per heavy atom. The van der Waals surface area contributed by atoms with E-state index in [9.17, 15) is 14.3 Å². The van der Waals surface area contributed by atoms with Crippen molar-refractivity contribution in [2.24, 2.45) is 11.3 Å². The maximum atomic E-state index is 13.8. The second kappa shape index (κ2) is 22.4. The maximum Gasteiger partial charge on any atom is 0.164 e. The Morgan fingerprint density at radius 3 is 2.02 bits per heavy atom. The van der Waals surface area contributed by atoms with Crippen LogP contribution in [0.15, 0.2) is 109 Å². The predicted octanol–water partition coefficient (Wildman–Crippen LogP) is 15.3. The number of hydrogen-bond donors (Lipinski definition) is 1. The molecule has 60 heavy (non-hydrogen) atoms. The van der Waals surface area contributed by atoms with Crippen LogP contribution in [-0.4, -0.2) is 20.9 Å². The molecule has 4 aromatic carbocycles. The van der Waals surface area contributed by atoms with Crippen LogP contribution in [0.4, 0.5) is 4.39 Å². The third kappa shape index (κ3) is 12.8. The summed E-state index contributed by atoms with van der Waals surface area (Å²) in [4.78, 5) is 21.2. The first-order valence-corrected chi connectivity index (χ1v) is 21.4. The minimum absolute atomic E-state index is 0. The average molecular weight is 985 g/mol. The summed E-state index contributed by atoms with van der Waals surface area (Å²) in [7, 11) is 0. The van der Waals surface area contributed by atoms with Crippen LogP contribution in [-0.2, 0) is 30.3 Å². The van der Waals surface area contributed by atoms with Crippen LogP contribution in [0.25, 0.3) is 44.1 Å². The van der Waals surface area contributed by atoms with Crippen molar-refractivity contribution < 1.29 is 34.4 Å². The topological polar surface area (TPSA) is 63.1 Å². The molecule has 0 aliphatic carbocycles. The van der Waals surface area contributed by atoms with E-state index in [1.165, 1.54) is 28.8 Å². The Morgan fingerprint density at radius 1 is 0.783 bits per heavy atom. The monoisotopic (exact) mass is 985 g/mol. The van der Waals surface area contributed by atoms with Gasteiger partial charge in [0.25, 0.3) is 0 Å². The van der Waals surface area contributed by atoms with Gasteiger partial charge in [-0.3, -0.25) is 4.79 Å². The number of allylic oxidation sites excluding steroid dienone is 2. The average Bonchev–Trinajstić information content (AvgIpc) is 3.23. The van der Waals surface area contributed by atoms with Crippen molar-refractivity contribution in [1.29, 1.82) is 0 Å². The molecule has 0 amide bonds. The zero-order valence-electron chi connectivity index (χ0n) is 37.8. The number of fused-ring (bicyclic) bond motifs is 3. The normalized spacial score (nSPS) is 11.9. The van der Waals surface area contributed by atoms with Crippen LogP contribution >= 0.6 is 0 Å². The molecule has 1 N–H and O–H groups in total. The summed E-state index contributed by atoms with van der Waals surface area (Å²) in [6.07, 6.45) is 8.60. The number of aliphatic hydroxyl groups excluding tert-OH is 1. The first-order valence-electron chi connectivity index (χ1n) is 21.4. The van der Waals surface area contributed by atoms with Crippen LogP contribution in [0.3, 0.4) is 0 Å². The quantitative estimate of drug-likeness (QED) is 0.0608. The number of nitrogens with zero attached hydrogens (tertiary/aromatic N) is 2. The molecule has 321 valence electrons. The van der Waals surface area contributed by atoms with E-state index in [1.54, 1.807) is 6.07 Å². The summed E-state index contributed by atoms with van der Waals surface area (Å²) in [6, 6.07) is 34.3. The molecule has 6 aromatic rings. The first-order chi connectivity index (χ1) is 28.0. The summed E-state index contributed by atoms with van der Waals surface area (Å²) in [5, 5.41) is 13.9. The molecule has 0 aliphatic rings. The molecular formula is C54H65FIrN2O2-2. The molecule has 6 heteroatoms. The van der Waals surface area contributed by atoms with Gasteiger partial charge in [0.15, 0.2) is 5.78 Å². The molecule has 0 saturated heterocycles. The molecule has 0 fully saturated rings. The number of halogens is 1. The molecule has 0 bridgehead atoms. The minimum atomic E-state index is -0.319. The first kappa shape index (κ1) is 49.8. The van der Waals surface area contributed by atoms with E-state index in [1.807, 2.05) is 89.5 Å². The van der Waals surface area contributed by atoms with E-state index < -0.39 is 0 Å². The van der Waals surface area contributed by atoms with Gasteiger partial charge >= 0.3 is 0 Å². The van der Waals surface area contributed by atoms with Gasteiger partial charge in [-0.2, -0.15) is 0 Å². The zero-order chi connectivity index (χ0) is 43.5. The van der Waals surface area contributed by atoms with E-state index in [2.05, 4.69) is 101 Å². The smallest absolute Gasteiger partial charge is 0.164 e. The SMILES string of the molecule is CC(C)(C)c1ccc(-c2[c-]cccc2)nc1.CC(C)c1[c-]c(-c2nccc3c2ccc2ccc(F)cc23)cc(C(C)C)c1.CCC(CC)/C(O)=C/C(=O)C(C)(CC)CC.[Ir]. The standard InChI is InChI=1S/C25H23FN.C15H16N.C14H26O2.Ir/c1-15(2)18-11-19(16(3)4)13-20(12-18)25-23-8-6-17-5-7-21(26)14-24(17)22(23)9-10-27-25;1-15(2,3)13-9-10-14(16-11-13)12-7-5-4-6-8-12;1-6-11(7-2)12(15)10-13(16)14(5,8-3)9-4;/h5-12,14-16H,1-4H3;4-7,9-11H,1-3H3;10-11,15H,6-9H2,1-5H3;/q2*-1;;/b;;12-10-;. The molecule has 0 spiro atoms. The van der Waals surface area contributed by atoms with Crippen molar-refractivity contribution in [3.63, 3.8) is 0 Å². The summed E-state index contributed by atoms with van der Waals surface area (Å²) in [5.74, 6) is 1.05. The van der Waals surface area contributed by atoms with Crippen LogP contribution in [0.5, 0.6) is 0 Å². The van der Waals surface area contributed by atoms with Crippen LogP contribution < -0.4 is 0 Å². The molecule has 0 saturated carbocycles. The van der Waals surface area contributed by atoms with Gasteiger partial charge in [0, 0.05) is 49.9 Å². The van der Waals surface area contributed by atoms with Crippen molar-refractivity contribution >= 4 is 27.3 Å². The van der Waals surface area contributed by atoms with Gasteiger partial charge in [-0.05, 0) is 99.6 Å². The number of hydrogen-bond acceptors (Lipinski definition) is 4. The molecular weight excluding hydrogens is 920 g/mol. The third-order valence-corrected chi connectivity index (χ3v) is 11.6. The molecule has 0 atom stereocenters. The number of rotatable bonds is 11. The minimum Gasteiger partial charge on any atom is -0.512 e. The summed E-state index contributed by atoms with van der Waals surface area (Å²) < 4.78 is 13.8. The summed E-state index contributed by atoms with van der Waals surface area (Å²) in [6.45, 7) is 25.4. The van der Waals surface area contributed by atoms with Crippen molar-refractivity contribution in [2.75, 3.05) is 0 Å². The Balaban J connectivity index is 0.000000254. The number of carbonyl (C=O) groups excluding carboxylic acids is 1. The van der Waals surface area contributed by atoms with Crippen molar-refractivity contribution in [3.05, 3.63) is 144 Å². The Labute approximate surface area is 373 Å². The molecule has 4 nitrogen and oxygen atoms in total. The second-order valence-corrected chi connectivity index (χ2v) is 17.5. The summed E-state index contributed by atoms with van der Waals surface area (Å²) in [5.41, 5.74) is 7.52. The largest absolute Gasteiger partial charge is 0.512 e. The number of aromatic nitrogens is 2. The number of benzene rings is 4. The third-order valence-electron chi connectivity index (χ3n) is 11.6. The van der Waals surface area contributed by atoms with Gasteiger partial charge in [-0.1, -0.05) is 113 Å². The molecule has 0 aliphatic heterocycles. The zero-order valence-corrected chi connectivity index (χ0v) is 40.2. The van der Waals surface area contributed by atoms with Gasteiger partial charge < -0.3 is 15.1 Å². The van der Waals surface area contributed by atoms with Gasteiger partial charge in [-0.15, -0.1) is 70.8 Å². The van der Waals surface area contributed by atoms with E-state index >= 15 is 0 Å². The molecule has 2 heterocycles. The fourth-order valence-corrected chi connectivity index (χ4v) is 6.84.